The number of para-hydroxylation sites is 1. The van der Waals surface area contributed by atoms with Crippen molar-refractivity contribution >= 4 is 27.5 Å². The Morgan fingerprint density at radius 1 is 0.944 bits per heavy atom. The highest BCUT2D eigenvalue weighted by Crippen LogP contribution is 2.18. The fourth-order valence-electron chi connectivity index (χ4n) is 4.08. The fourth-order valence-corrected chi connectivity index (χ4v) is 5.16. The van der Waals surface area contributed by atoms with Gasteiger partial charge in [-0.05, 0) is 48.9 Å². The number of sulfonamides is 1. The summed E-state index contributed by atoms with van der Waals surface area (Å²) < 4.78 is 30.9. The summed E-state index contributed by atoms with van der Waals surface area (Å²) >= 11 is 0. The first-order valence-corrected chi connectivity index (χ1v) is 13.5. The Morgan fingerprint density at radius 3 is 2.44 bits per heavy atom. The largest absolute Gasteiger partial charge is 0.467 e. The second kappa shape index (κ2) is 11.5. The quantitative estimate of drug-likeness (QED) is 0.458. The topological polar surface area (TPSA) is 112 Å². The van der Waals surface area contributed by atoms with Crippen molar-refractivity contribution in [2.75, 3.05) is 37.2 Å². The predicted molar refractivity (Wildman–Crippen MR) is 137 cm³/mol. The van der Waals surface area contributed by atoms with Crippen molar-refractivity contribution in [3.63, 3.8) is 0 Å². The summed E-state index contributed by atoms with van der Waals surface area (Å²) in [6, 6.07) is 17.7. The van der Waals surface area contributed by atoms with E-state index in [0.717, 1.165) is 5.56 Å². The molecule has 0 saturated carbocycles. The van der Waals surface area contributed by atoms with E-state index in [2.05, 4.69) is 15.5 Å². The van der Waals surface area contributed by atoms with E-state index in [-0.39, 0.29) is 24.1 Å². The number of nitrogens with zero attached hydrogens (tertiary/aromatic N) is 2. The van der Waals surface area contributed by atoms with Crippen LogP contribution in [-0.4, -0.2) is 61.4 Å². The van der Waals surface area contributed by atoms with Gasteiger partial charge in [-0.3, -0.25) is 14.5 Å². The molecule has 0 unspecified atom stereocenters. The Hall–Kier alpha value is -3.47. The third kappa shape index (κ3) is 6.39. The normalized spacial score (nSPS) is 14.9. The number of piperazine rings is 1. The third-order valence-electron chi connectivity index (χ3n) is 6.11. The summed E-state index contributed by atoms with van der Waals surface area (Å²) in [6.45, 7) is 4.72. The van der Waals surface area contributed by atoms with Crippen LogP contribution >= 0.6 is 0 Å². The molecular formula is C26H30N4O5S. The molecule has 36 heavy (non-hydrogen) atoms. The Morgan fingerprint density at radius 2 is 1.72 bits per heavy atom. The Kier molecular flexibility index (Phi) is 8.19. The van der Waals surface area contributed by atoms with Crippen LogP contribution in [0.15, 0.2) is 71.3 Å². The van der Waals surface area contributed by atoms with E-state index >= 15 is 0 Å². The Balaban J connectivity index is 1.37. The zero-order chi connectivity index (χ0) is 25.5. The van der Waals surface area contributed by atoms with Gasteiger partial charge in [-0.25, -0.2) is 8.42 Å². The van der Waals surface area contributed by atoms with Crippen LogP contribution in [0.1, 0.15) is 39.0 Å². The molecule has 0 bridgehead atoms. The molecule has 2 heterocycles. The van der Waals surface area contributed by atoms with Gasteiger partial charge in [-0.15, -0.1) is 0 Å². The maximum absolute atomic E-state index is 13.0. The molecule has 0 atom stereocenters. The zero-order valence-corrected chi connectivity index (χ0v) is 21.0. The summed E-state index contributed by atoms with van der Waals surface area (Å²) in [7, 11) is -3.17. The number of anilines is 1. The van der Waals surface area contributed by atoms with Gasteiger partial charge >= 0.3 is 0 Å². The monoisotopic (exact) mass is 510 g/mol. The van der Waals surface area contributed by atoms with E-state index in [1.165, 1.54) is 4.31 Å². The number of carbonyl (C=O) groups excluding carboxylic acids is 2. The number of rotatable bonds is 9. The van der Waals surface area contributed by atoms with Crippen molar-refractivity contribution < 1.29 is 22.4 Å². The smallest absolute Gasteiger partial charge is 0.255 e. The number of carbonyl (C=O) groups is 2. The van der Waals surface area contributed by atoms with Gasteiger partial charge in [-0.1, -0.05) is 24.3 Å². The van der Waals surface area contributed by atoms with E-state index in [1.807, 2.05) is 18.2 Å². The molecule has 1 aromatic heterocycles. The highest BCUT2D eigenvalue weighted by molar-refractivity contribution is 7.89. The minimum absolute atomic E-state index is 0.110. The summed E-state index contributed by atoms with van der Waals surface area (Å²) in [5, 5.41) is 5.65. The van der Waals surface area contributed by atoms with E-state index < -0.39 is 10.0 Å². The average Bonchev–Trinajstić information content (AvgIpc) is 3.42. The molecule has 0 aliphatic carbocycles. The zero-order valence-electron chi connectivity index (χ0n) is 20.1. The lowest BCUT2D eigenvalue weighted by Crippen LogP contribution is -2.48. The van der Waals surface area contributed by atoms with Crippen LogP contribution in [0.2, 0.25) is 0 Å². The first-order valence-electron chi connectivity index (χ1n) is 11.9. The fraction of sp³-hybridized carbons (Fsp3) is 0.308. The van der Waals surface area contributed by atoms with E-state index in [1.54, 1.807) is 55.7 Å². The second-order valence-electron chi connectivity index (χ2n) is 8.54. The van der Waals surface area contributed by atoms with Gasteiger partial charge < -0.3 is 15.1 Å². The van der Waals surface area contributed by atoms with Gasteiger partial charge in [0.15, 0.2) is 0 Å². The summed E-state index contributed by atoms with van der Waals surface area (Å²) in [5.41, 5.74) is 2.20. The summed E-state index contributed by atoms with van der Waals surface area (Å²) in [4.78, 5) is 27.9. The van der Waals surface area contributed by atoms with Crippen molar-refractivity contribution in [3.05, 3.63) is 89.4 Å². The highest BCUT2D eigenvalue weighted by Gasteiger charge is 2.25. The number of nitrogens with one attached hydrogen (secondary N) is 2. The van der Waals surface area contributed by atoms with Gasteiger partial charge in [0.1, 0.15) is 5.76 Å². The minimum Gasteiger partial charge on any atom is -0.467 e. The average molecular weight is 511 g/mol. The third-order valence-corrected chi connectivity index (χ3v) is 7.99. The van der Waals surface area contributed by atoms with Crippen LogP contribution < -0.4 is 10.6 Å². The molecule has 1 aliphatic heterocycles. The minimum atomic E-state index is -3.17. The molecule has 2 amide bonds. The van der Waals surface area contributed by atoms with Crippen molar-refractivity contribution in [1.82, 2.24) is 14.5 Å². The highest BCUT2D eigenvalue weighted by atomic mass is 32.2. The number of amides is 2. The molecule has 0 radical (unpaired) electrons. The first-order chi connectivity index (χ1) is 17.4. The maximum Gasteiger partial charge on any atom is 0.255 e. The van der Waals surface area contributed by atoms with Crippen molar-refractivity contribution in [3.8, 4) is 0 Å². The van der Waals surface area contributed by atoms with Crippen LogP contribution in [-0.2, 0) is 23.1 Å². The van der Waals surface area contributed by atoms with Gasteiger partial charge in [0.25, 0.3) is 11.8 Å². The lowest BCUT2D eigenvalue weighted by molar-refractivity contribution is 0.0949. The van der Waals surface area contributed by atoms with Crippen LogP contribution in [0.4, 0.5) is 5.69 Å². The molecule has 190 valence electrons. The number of hydrogen-bond donors (Lipinski definition) is 2. The van der Waals surface area contributed by atoms with Crippen LogP contribution in [0.3, 0.4) is 0 Å². The second-order valence-corrected chi connectivity index (χ2v) is 10.8. The summed E-state index contributed by atoms with van der Waals surface area (Å²) in [5.74, 6) is 0.108. The Bertz CT molecular complexity index is 1300. The molecule has 1 aliphatic rings. The molecule has 0 spiro atoms. The van der Waals surface area contributed by atoms with Crippen LogP contribution in [0, 0.1) is 0 Å². The van der Waals surface area contributed by atoms with Crippen molar-refractivity contribution in [2.45, 2.75) is 20.0 Å². The SMILES string of the molecule is CCS(=O)(=O)N1CCN(Cc2cccc(C(=O)Nc3ccccc3C(=O)NCc3ccco3)c2)CC1. The van der Waals surface area contributed by atoms with E-state index in [9.17, 15) is 18.0 Å². The molecule has 3 aromatic rings. The molecule has 10 heteroatoms. The Labute approximate surface area is 211 Å². The van der Waals surface area contributed by atoms with Crippen molar-refractivity contribution in [1.29, 1.82) is 0 Å². The molecule has 2 N–H and O–H groups in total. The number of hydrogen-bond acceptors (Lipinski definition) is 6. The van der Waals surface area contributed by atoms with Crippen LogP contribution in [0.5, 0.6) is 0 Å². The number of furan rings is 1. The van der Waals surface area contributed by atoms with Gasteiger partial charge in [0.05, 0.1) is 29.8 Å². The first kappa shape index (κ1) is 25.6. The van der Waals surface area contributed by atoms with Crippen molar-refractivity contribution in [2.24, 2.45) is 0 Å². The van der Waals surface area contributed by atoms with Crippen LogP contribution in [0.25, 0.3) is 0 Å². The maximum atomic E-state index is 13.0. The standard InChI is InChI=1S/C26H30N4O5S/c1-2-36(33,34)30-14-12-29(13-15-30)19-20-7-5-8-21(17-20)25(31)28-24-11-4-3-10-23(24)26(32)27-18-22-9-6-16-35-22/h3-11,16-17H,2,12-15,18-19H2,1H3,(H,27,32)(H,28,31). The van der Waals surface area contributed by atoms with E-state index in [0.29, 0.717) is 55.3 Å². The molecule has 9 nitrogen and oxygen atoms in total. The van der Waals surface area contributed by atoms with Gasteiger partial charge in [0.2, 0.25) is 10.0 Å². The molecular weight excluding hydrogens is 480 g/mol. The van der Waals surface area contributed by atoms with Gasteiger partial charge in [-0.2, -0.15) is 4.31 Å². The summed E-state index contributed by atoms with van der Waals surface area (Å²) in [6.07, 6.45) is 1.54. The predicted octanol–water partition coefficient (Wildman–Crippen LogP) is 2.93. The molecule has 4 rings (SSSR count). The molecule has 1 saturated heterocycles. The van der Waals surface area contributed by atoms with E-state index in [4.69, 9.17) is 4.42 Å². The lowest BCUT2D eigenvalue weighted by atomic mass is 10.1. The number of benzene rings is 2. The lowest BCUT2D eigenvalue weighted by Gasteiger charge is -2.33. The van der Waals surface area contributed by atoms with Gasteiger partial charge in [0, 0.05) is 38.3 Å². The molecule has 1 fully saturated rings. The molecule has 2 aromatic carbocycles.